The monoisotopic (exact) mass is 225 g/mol. The standard InChI is InChI=1S/C14H27NO/c1-13(2)7-5-10(6-8-13)15-11-9-12(16)14(11,3)4/h10-12,15-16H,5-9H2,1-4H3. The topological polar surface area (TPSA) is 32.3 Å². The van der Waals surface area contributed by atoms with Crippen molar-refractivity contribution in [3.63, 3.8) is 0 Å². The molecule has 0 heterocycles. The zero-order valence-electron chi connectivity index (χ0n) is 11.2. The summed E-state index contributed by atoms with van der Waals surface area (Å²) in [6, 6.07) is 1.21. The summed E-state index contributed by atoms with van der Waals surface area (Å²) in [4.78, 5) is 0. The average Bonchev–Trinajstić information content (AvgIpc) is 2.20. The molecule has 0 aliphatic heterocycles. The third-order valence-corrected chi connectivity index (χ3v) is 4.99. The second kappa shape index (κ2) is 3.99. The minimum Gasteiger partial charge on any atom is -0.392 e. The van der Waals surface area contributed by atoms with Crippen molar-refractivity contribution in [2.75, 3.05) is 0 Å². The Labute approximate surface area is 99.8 Å². The van der Waals surface area contributed by atoms with Gasteiger partial charge in [-0.05, 0) is 37.5 Å². The molecule has 16 heavy (non-hydrogen) atoms. The Morgan fingerprint density at radius 2 is 1.62 bits per heavy atom. The Balaban J connectivity index is 1.80. The molecule has 2 heteroatoms. The fraction of sp³-hybridized carbons (Fsp3) is 1.00. The summed E-state index contributed by atoms with van der Waals surface area (Å²) in [5.74, 6) is 0. The van der Waals surface area contributed by atoms with Gasteiger partial charge in [0.25, 0.3) is 0 Å². The van der Waals surface area contributed by atoms with Crippen LogP contribution in [0.25, 0.3) is 0 Å². The molecule has 0 aromatic rings. The van der Waals surface area contributed by atoms with Crippen LogP contribution in [0.15, 0.2) is 0 Å². The van der Waals surface area contributed by atoms with Crippen molar-refractivity contribution < 1.29 is 5.11 Å². The van der Waals surface area contributed by atoms with E-state index >= 15 is 0 Å². The molecular weight excluding hydrogens is 198 g/mol. The van der Waals surface area contributed by atoms with E-state index in [9.17, 15) is 5.11 Å². The van der Waals surface area contributed by atoms with Crippen molar-refractivity contribution in [1.82, 2.24) is 5.32 Å². The lowest BCUT2D eigenvalue weighted by molar-refractivity contribution is -0.0779. The van der Waals surface area contributed by atoms with Gasteiger partial charge in [0.15, 0.2) is 0 Å². The lowest BCUT2D eigenvalue weighted by Crippen LogP contribution is -2.62. The fourth-order valence-electron chi connectivity index (χ4n) is 3.04. The summed E-state index contributed by atoms with van der Waals surface area (Å²) in [5, 5.41) is 13.5. The van der Waals surface area contributed by atoms with E-state index in [1.807, 2.05) is 0 Å². The van der Waals surface area contributed by atoms with Crippen LogP contribution in [0, 0.1) is 10.8 Å². The Hall–Kier alpha value is -0.0800. The third-order valence-electron chi connectivity index (χ3n) is 4.99. The summed E-state index contributed by atoms with van der Waals surface area (Å²) >= 11 is 0. The van der Waals surface area contributed by atoms with Crippen molar-refractivity contribution in [1.29, 1.82) is 0 Å². The molecule has 2 aliphatic carbocycles. The molecule has 2 atom stereocenters. The van der Waals surface area contributed by atoms with Crippen molar-refractivity contribution in [3.8, 4) is 0 Å². The highest BCUT2D eigenvalue weighted by Gasteiger charge is 2.47. The van der Waals surface area contributed by atoms with E-state index in [1.54, 1.807) is 0 Å². The second-order valence-electron chi connectivity index (χ2n) is 7.23. The molecule has 0 amide bonds. The summed E-state index contributed by atoms with van der Waals surface area (Å²) in [5.41, 5.74) is 0.625. The number of nitrogens with one attached hydrogen (secondary N) is 1. The maximum absolute atomic E-state index is 9.72. The maximum atomic E-state index is 9.72. The highest BCUT2D eigenvalue weighted by atomic mass is 16.3. The quantitative estimate of drug-likeness (QED) is 0.757. The van der Waals surface area contributed by atoms with E-state index in [0.717, 1.165) is 6.42 Å². The summed E-state index contributed by atoms with van der Waals surface area (Å²) in [7, 11) is 0. The first-order valence-electron chi connectivity index (χ1n) is 6.75. The minimum atomic E-state index is -0.106. The number of hydrogen-bond donors (Lipinski definition) is 2. The highest BCUT2D eigenvalue weighted by Crippen LogP contribution is 2.42. The molecule has 2 aliphatic rings. The summed E-state index contributed by atoms with van der Waals surface area (Å²) in [6.07, 6.45) is 6.10. The van der Waals surface area contributed by atoms with Crippen molar-refractivity contribution in [3.05, 3.63) is 0 Å². The molecule has 2 saturated carbocycles. The first-order chi connectivity index (χ1) is 7.31. The molecule has 2 rings (SSSR count). The van der Waals surface area contributed by atoms with Crippen LogP contribution in [-0.4, -0.2) is 23.3 Å². The molecule has 0 radical (unpaired) electrons. The van der Waals surface area contributed by atoms with E-state index in [1.165, 1.54) is 25.7 Å². The van der Waals surface area contributed by atoms with E-state index < -0.39 is 0 Å². The van der Waals surface area contributed by atoms with Crippen molar-refractivity contribution in [2.45, 2.75) is 78.0 Å². The zero-order chi connectivity index (χ0) is 12.0. The molecule has 2 nitrogen and oxygen atoms in total. The molecule has 0 saturated heterocycles. The van der Waals surface area contributed by atoms with Gasteiger partial charge in [0.2, 0.25) is 0 Å². The van der Waals surface area contributed by atoms with Gasteiger partial charge in [0, 0.05) is 17.5 Å². The van der Waals surface area contributed by atoms with Gasteiger partial charge in [0.05, 0.1) is 6.10 Å². The molecule has 0 spiro atoms. The van der Waals surface area contributed by atoms with Crippen molar-refractivity contribution in [2.24, 2.45) is 10.8 Å². The van der Waals surface area contributed by atoms with Gasteiger partial charge >= 0.3 is 0 Å². The van der Waals surface area contributed by atoms with Gasteiger partial charge in [-0.25, -0.2) is 0 Å². The van der Waals surface area contributed by atoms with Crippen LogP contribution in [-0.2, 0) is 0 Å². The Morgan fingerprint density at radius 1 is 1.06 bits per heavy atom. The normalized spacial score (nSPS) is 38.1. The Kier molecular flexibility index (Phi) is 3.09. The number of aliphatic hydroxyl groups excluding tert-OH is 1. The maximum Gasteiger partial charge on any atom is 0.0621 e. The van der Waals surface area contributed by atoms with Crippen LogP contribution in [0.2, 0.25) is 0 Å². The predicted molar refractivity (Wildman–Crippen MR) is 67.4 cm³/mol. The molecule has 0 bridgehead atoms. The Morgan fingerprint density at radius 3 is 2.06 bits per heavy atom. The van der Waals surface area contributed by atoms with E-state index in [4.69, 9.17) is 0 Å². The summed E-state index contributed by atoms with van der Waals surface area (Å²) < 4.78 is 0. The van der Waals surface area contributed by atoms with Crippen LogP contribution in [0.4, 0.5) is 0 Å². The highest BCUT2D eigenvalue weighted by molar-refractivity contribution is 5.03. The van der Waals surface area contributed by atoms with Crippen LogP contribution in [0.3, 0.4) is 0 Å². The van der Waals surface area contributed by atoms with Crippen LogP contribution in [0.1, 0.15) is 59.8 Å². The van der Waals surface area contributed by atoms with Crippen LogP contribution >= 0.6 is 0 Å². The van der Waals surface area contributed by atoms with Gasteiger partial charge in [0.1, 0.15) is 0 Å². The largest absolute Gasteiger partial charge is 0.392 e. The smallest absolute Gasteiger partial charge is 0.0621 e. The lowest BCUT2D eigenvalue weighted by atomic mass is 9.64. The minimum absolute atomic E-state index is 0.0764. The molecule has 2 N–H and O–H groups in total. The molecule has 94 valence electrons. The number of aliphatic hydroxyl groups is 1. The molecular formula is C14H27NO. The lowest BCUT2D eigenvalue weighted by Gasteiger charge is -2.51. The van der Waals surface area contributed by atoms with Gasteiger partial charge in [-0.3, -0.25) is 0 Å². The zero-order valence-corrected chi connectivity index (χ0v) is 11.2. The van der Waals surface area contributed by atoms with Gasteiger partial charge in [-0.1, -0.05) is 27.7 Å². The number of hydrogen-bond acceptors (Lipinski definition) is 2. The summed E-state index contributed by atoms with van der Waals surface area (Å²) in [6.45, 7) is 9.09. The third kappa shape index (κ3) is 2.28. The second-order valence-corrected chi connectivity index (χ2v) is 7.23. The van der Waals surface area contributed by atoms with E-state index in [-0.39, 0.29) is 11.5 Å². The van der Waals surface area contributed by atoms with Gasteiger partial charge < -0.3 is 10.4 Å². The van der Waals surface area contributed by atoms with E-state index in [0.29, 0.717) is 17.5 Å². The van der Waals surface area contributed by atoms with Crippen LogP contribution < -0.4 is 5.32 Å². The van der Waals surface area contributed by atoms with Gasteiger partial charge in [-0.15, -0.1) is 0 Å². The van der Waals surface area contributed by atoms with E-state index in [2.05, 4.69) is 33.0 Å². The molecule has 0 aromatic carbocycles. The SMILES string of the molecule is CC1(C)CCC(NC2CC(O)C2(C)C)CC1. The molecule has 2 fully saturated rings. The first-order valence-corrected chi connectivity index (χ1v) is 6.75. The first kappa shape index (κ1) is 12.4. The molecule has 2 unspecified atom stereocenters. The predicted octanol–water partition coefficient (Wildman–Crippen LogP) is 2.70. The Bertz CT molecular complexity index is 249. The molecule has 0 aromatic heterocycles. The van der Waals surface area contributed by atoms with Crippen molar-refractivity contribution >= 4 is 0 Å². The van der Waals surface area contributed by atoms with Crippen LogP contribution in [0.5, 0.6) is 0 Å². The van der Waals surface area contributed by atoms with Gasteiger partial charge in [-0.2, -0.15) is 0 Å². The fourth-order valence-corrected chi connectivity index (χ4v) is 3.04. The average molecular weight is 225 g/mol. The number of rotatable bonds is 2.